The quantitative estimate of drug-likeness (QED) is 0.544. The van der Waals surface area contributed by atoms with E-state index in [1.54, 1.807) is 6.92 Å². The Kier molecular flexibility index (Phi) is 4.66. The number of carbonyl (C=O) groups is 1. The van der Waals surface area contributed by atoms with Gasteiger partial charge < -0.3 is 9.55 Å². The lowest BCUT2D eigenvalue weighted by Gasteiger charge is -2.06. The second-order valence-electron chi connectivity index (χ2n) is 6.45. The van der Waals surface area contributed by atoms with E-state index in [1.165, 1.54) is 36.4 Å². The van der Waals surface area contributed by atoms with Crippen molar-refractivity contribution in [3.8, 4) is 0 Å². The number of hydrogen-bond donors (Lipinski definition) is 1. The number of rotatable bonds is 4. The van der Waals surface area contributed by atoms with E-state index in [0.717, 1.165) is 36.8 Å². The summed E-state index contributed by atoms with van der Waals surface area (Å²) in [4.78, 5) is 32.8. The Balaban J connectivity index is 1.61. The monoisotopic (exact) mass is 389 g/mol. The van der Waals surface area contributed by atoms with Gasteiger partial charge >= 0.3 is 0 Å². The molecule has 3 aromatic rings. The minimum Gasteiger partial charge on any atom is -0.309 e. The molecule has 4 rings (SSSR count). The van der Waals surface area contributed by atoms with Crippen LogP contribution in [0.2, 0.25) is 0 Å². The average molecular weight is 390 g/mol. The summed E-state index contributed by atoms with van der Waals surface area (Å²) in [6.45, 7) is 4.26. The number of aryl methyl sites for hydroxylation is 2. The fourth-order valence-electron chi connectivity index (χ4n) is 3.29. The van der Waals surface area contributed by atoms with Gasteiger partial charge in [-0.2, -0.15) is 0 Å². The predicted molar refractivity (Wildman–Crippen MR) is 102 cm³/mol. The zero-order valence-electron chi connectivity index (χ0n) is 14.7. The van der Waals surface area contributed by atoms with Gasteiger partial charge in [0, 0.05) is 13.0 Å². The summed E-state index contributed by atoms with van der Waals surface area (Å²) >= 11 is 2.82. The Morgan fingerprint density at radius 2 is 2.15 bits per heavy atom. The molecule has 0 amide bonds. The van der Waals surface area contributed by atoms with E-state index in [4.69, 9.17) is 0 Å². The van der Waals surface area contributed by atoms with Crippen LogP contribution in [0.4, 0.5) is 0 Å². The Labute approximate surface area is 158 Å². The predicted octanol–water partition coefficient (Wildman–Crippen LogP) is 3.11. The summed E-state index contributed by atoms with van der Waals surface area (Å²) in [5.74, 6) is 2.11. The molecule has 0 fully saturated rings. The number of H-pyrrole nitrogens is 1. The molecule has 7 nitrogen and oxygen atoms in total. The second kappa shape index (κ2) is 6.96. The van der Waals surface area contributed by atoms with Gasteiger partial charge in [0.05, 0.1) is 16.0 Å². The number of thiophene rings is 1. The molecule has 4 heterocycles. The van der Waals surface area contributed by atoms with Gasteiger partial charge in [-0.15, -0.1) is 21.5 Å². The Morgan fingerprint density at radius 3 is 2.96 bits per heavy atom. The fraction of sp³-hybridized carbons (Fsp3) is 0.471. The molecule has 0 saturated heterocycles. The Morgan fingerprint density at radius 1 is 1.31 bits per heavy atom. The molecule has 0 bridgehead atoms. The van der Waals surface area contributed by atoms with Crippen molar-refractivity contribution < 1.29 is 4.79 Å². The molecule has 1 aliphatic heterocycles. The molecular weight excluding hydrogens is 370 g/mol. The highest BCUT2D eigenvalue weighted by atomic mass is 32.2. The molecule has 0 aliphatic carbocycles. The van der Waals surface area contributed by atoms with Crippen LogP contribution in [0, 0.1) is 6.92 Å². The summed E-state index contributed by atoms with van der Waals surface area (Å²) in [6, 6.07) is 0. The third-order valence-electron chi connectivity index (χ3n) is 4.58. The van der Waals surface area contributed by atoms with Crippen LogP contribution in [0.5, 0.6) is 0 Å². The lowest BCUT2D eigenvalue weighted by molar-refractivity contribution is 0.102. The normalized spacial score (nSPS) is 14.4. The van der Waals surface area contributed by atoms with Gasteiger partial charge in [0.2, 0.25) is 0 Å². The maximum atomic E-state index is 12.5. The topological polar surface area (TPSA) is 93.5 Å². The van der Waals surface area contributed by atoms with Gasteiger partial charge in [0.1, 0.15) is 16.5 Å². The molecule has 136 valence electrons. The second-order valence-corrected chi connectivity index (χ2v) is 8.40. The van der Waals surface area contributed by atoms with Gasteiger partial charge in [0.25, 0.3) is 5.56 Å². The number of aromatic nitrogens is 5. The van der Waals surface area contributed by atoms with E-state index < -0.39 is 0 Å². The maximum absolute atomic E-state index is 12.5. The lowest BCUT2D eigenvalue weighted by Crippen LogP contribution is -2.11. The smallest absolute Gasteiger partial charge is 0.259 e. The van der Waals surface area contributed by atoms with Crippen molar-refractivity contribution in [2.24, 2.45) is 0 Å². The molecule has 0 spiro atoms. The van der Waals surface area contributed by atoms with E-state index in [0.29, 0.717) is 32.2 Å². The number of thioether (sulfide) groups is 1. The standard InChI is InChI=1S/C17H19N5O2S2/c1-9-13-15(24)18-11(19-16(13)26-14(9)10(2)23)8-25-17-21-20-12-6-4-3-5-7-22(12)17/h3-8H2,1-2H3,(H,18,19,24). The third kappa shape index (κ3) is 3.09. The van der Waals surface area contributed by atoms with Gasteiger partial charge in [-0.1, -0.05) is 18.2 Å². The van der Waals surface area contributed by atoms with Crippen molar-refractivity contribution in [1.82, 2.24) is 24.7 Å². The fourth-order valence-corrected chi connectivity index (χ4v) is 5.24. The van der Waals surface area contributed by atoms with Crippen LogP contribution in [0.3, 0.4) is 0 Å². The van der Waals surface area contributed by atoms with Crippen LogP contribution in [0.15, 0.2) is 9.95 Å². The van der Waals surface area contributed by atoms with Crippen molar-refractivity contribution in [2.75, 3.05) is 0 Å². The number of hydrogen-bond acceptors (Lipinski definition) is 7. The first-order valence-electron chi connectivity index (χ1n) is 8.62. The molecule has 0 saturated carbocycles. The number of carbonyl (C=O) groups excluding carboxylic acids is 1. The van der Waals surface area contributed by atoms with Crippen LogP contribution < -0.4 is 5.56 Å². The third-order valence-corrected chi connectivity index (χ3v) is 6.85. The summed E-state index contributed by atoms with van der Waals surface area (Å²) < 4.78 is 2.18. The van der Waals surface area contributed by atoms with Crippen LogP contribution in [-0.2, 0) is 18.7 Å². The van der Waals surface area contributed by atoms with Crippen molar-refractivity contribution in [2.45, 2.75) is 57.0 Å². The van der Waals surface area contributed by atoms with Gasteiger partial charge in [-0.3, -0.25) is 9.59 Å². The molecule has 3 aromatic heterocycles. The lowest BCUT2D eigenvalue weighted by atomic mass is 10.2. The van der Waals surface area contributed by atoms with E-state index in [2.05, 4.69) is 24.7 Å². The Hall–Kier alpha value is -2.00. The minimum atomic E-state index is -0.188. The number of ketones is 1. The SMILES string of the molecule is CC(=O)c1sc2nc(CSc3nnc4n3CCCCC4)[nH]c(=O)c2c1C. The van der Waals surface area contributed by atoms with Gasteiger partial charge in [-0.05, 0) is 32.3 Å². The van der Waals surface area contributed by atoms with Crippen LogP contribution in [-0.4, -0.2) is 30.5 Å². The molecule has 0 radical (unpaired) electrons. The van der Waals surface area contributed by atoms with Crippen LogP contribution >= 0.6 is 23.1 Å². The zero-order valence-corrected chi connectivity index (χ0v) is 16.3. The molecular formula is C17H19N5O2S2. The van der Waals surface area contributed by atoms with Crippen molar-refractivity contribution in [3.63, 3.8) is 0 Å². The average Bonchev–Trinajstić information content (AvgIpc) is 3.05. The number of aromatic amines is 1. The van der Waals surface area contributed by atoms with E-state index in [-0.39, 0.29) is 11.3 Å². The minimum absolute atomic E-state index is 0.0352. The number of fused-ring (bicyclic) bond motifs is 2. The zero-order chi connectivity index (χ0) is 18.3. The summed E-state index contributed by atoms with van der Waals surface area (Å²) in [6.07, 6.45) is 4.48. The highest BCUT2D eigenvalue weighted by molar-refractivity contribution is 7.98. The van der Waals surface area contributed by atoms with Gasteiger partial charge in [-0.25, -0.2) is 4.98 Å². The molecule has 1 aliphatic rings. The number of nitrogens with one attached hydrogen (secondary N) is 1. The molecule has 0 aromatic carbocycles. The van der Waals surface area contributed by atoms with Gasteiger partial charge in [0.15, 0.2) is 10.9 Å². The molecule has 0 unspecified atom stereocenters. The van der Waals surface area contributed by atoms with E-state index >= 15 is 0 Å². The first-order chi connectivity index (χ1) is 12.5. The van der Waals surface area contributed by atoms with Crippen LogP contribution in [0.25, 0.3) is 10.2 Å². The molecule has 1 N–H and O–H groups in total. The first kappa shape index (κ1) is 17.4. The number of nitrogens with zero attached hydrogens (tertiary/aromatic N) is 4. The largest absolute Gasteiger partial charge is 0.309 e. The van der Waals surface area contributed by atoms with E-state index in [1.807, 2.05) is 0 Å². The molecule has 0 atom stereocenters. The van der Waals surface area contributed by atoms with Crippen LogP contribution in [0.1, 0.15) is 53.1 Å². The summed E-state index contributed by atoms with van der Waals surface area (Å²) in [5.41, 5.74) is 0.528. The van der Waals surface area contributed by atoms with Crippen molar-refractivity contribution >= 4 is 39.1 Å². The van der Waals surface area contributed by atoms with Crippen molar-refractivity contribution in [3.05, 3.63) is 32.4 Å². The molecule has 9 heteroatoms. The van der Waals surface area contributed by atoms with E-state index in [9.17, 15) is 9.59 Å². The molecule has 26 heavy (non-hydrogen) atoms. The highest BCUT2D eigenvalue weighted by Crippen LogP contribution is 2.28. The first-order valence-corrected chi connectivity index (χ1v) is 10.4. The van der Waals surface area contributed by atoms with Crippen molar-refractivity contribution in [1.29, 1.82) is 0 Å². The Bertz CT molecular complexity index is 1050. The number of Topliss-reactive ketones (excluding diaryl/α,β-unsaturated/α-hetero) is 1. The summed E-state index contributed by atoms with van der Waals surface area (Å²) in [7, 11) is 0. The summed E-state index contributed by atoms with van der Waals surface area (Å²) in [5, 5.41) is 9.98. The maximum Gasteiger partial charge on any atom is 0.259 e. The highest BCUT2D eigenvalue weighted by Gasteiger charge is 2.18.